The molecule has 0 spiro atoms. The van der Waals surface area contributed by atoms with Crippen molar-refractivity contribution >= 4 is 24.1 Å². The first-order chi connectivity index (χ1) is 21.1. The lowest BCUT2D eigenvalue weighted by atomic mass is 10.0. The van der Waals surface area contributed by atoms with E-state index in [4.69, 9.17) is 24.1 Å². The fraction of sp³-hybridized carbons (Fsp3) is 0.875. The Morgan fingerprint density at radius 3 is 1.37 bits per heavy atom. The maximum atomic E-state index is 12.0. The molecule has 3 N–H and O–H groups in total. The lowest BCUT2D eigenvalue weighted by Crippen LogP contribution is -2.30. The van der Waals surface area contributed by atoms with Gasteiger partial charge >= 0.3 is 5.97 Å². The normalized spacial score (nSPS) is 11.0. The number of carbonyl (C=O) groups excluding carboxylic acids is 3. The third-order valence-electron chi connectivity index (χ3n) is 6.75. The molecule has 0 aliphatic heterocycles. The topological polar surface area (TPSA) is 149 Å². The molecule has 0 aromatic rings. The summed E-state index contributed by atoms with van der Waals surface area (Å²) in [5, 5.41) is 14.0. The molecule has 0 rings (SSSR count). The highest BCUT2D eigenvalue weighted by atomic mass is 16.5. The van der Waals surface area contributed by atoms with Crippen LogP contribution in [-0.2, 0) is 38.1 Å². The molecule has 0 atom stereocenters. The first kappa shape index (κ1) is 40.9. The van der Waals surface area contributed by atoms with Crippen LogP contribution in [0.3, 0.4) is 0 Å². The maximum Gasteiger partial charge on any atom is 0.329 e. The number of ether oxygens (including phenoxy) is 4. The number of aliphatic carboxylic acids is 1. The minimum Gasteiger partial charge on any atom is -0.480 e. The summed E-state index contributed by atoms with van der Waals surface area (Å²) in [6.45, 7) is 3.24. The number of hydrogen-bond donors (Lipinski definition) is 3. The van der Waals surface area contributed by atoms with Crippen LogP contribution in [-0.4, -0.2) is 95.1 Å². The lowest BCUT2D eigenvalue weighted by molar-refractivity contribution is -0.143. The highest BCUT2D eigenvalue weighted by Crippen LogP contribution is 2.13. The summed E-state index contributed by atoms with van der Waals surface area (Å²) in [4.78, 5) is 43.9. The van der Waals surface area contributed by atoms with Gasteiger partial charge in [0.1, 0.15) is 19.5 Å². The zero-order valence-electron chi connectivity index (χ0n) is 26.6. The molecule has 0 aliphatic carbocycles. The predicted molar refractivity (Wildman–Crippen MR) is 166 cm³/mol. The van der Waals surface area contributed by atoms with Crippen LogP contribution in [0.4, 0.5) is 0 Å². The third kappa shape index (κ3) is 36.0. The second-order valence-corrected chi connectivity index (χ2v) is 10.8. The number of carboxylic acid groups (broad SMARTS) is 1. The molecule has 11 nitrogen and oxygen atoms in total. The van der Waals surface area contributed by atoms with E-state index in [9.17, 15) is 19.2 Å². The van der Waals surface area contributed by atoms with E-state index >= 15 is 0 Å². The van der Waals surface area contributed by atoms with Crippen molar-refractivity contribution in [2.75, 3.05) is 65.9 Å². The van der Waals surface area contributed by atoms with Gasteiger partial charge in [0.05, 0.1) is 26.4 Å². The molecule has 43 heavy (non-hydrogen) atoms. The Hall–Kier alpha value is -2.08. The van der Waals surface area contributed by atoms with E-state index in [1.165, 1.54) is 70.6 Å². The van der Waals surface area contributed by atoms with Crippen LogP contribution in [0.5, 0.6) is 0 Å². The summed E-state index contributed by atoms with van der Waals surface area (Å²) >= 11 is 0. The Kier molecular flexibility index (Phi) is 32.7. The van der Waals surface area contributed by atoms with E-state index in [0.717, 1.165) is 38.4 Å². The summed E-state index contributed by atoms with van der Waals surface area (Å²) in [5.74, 6) is -1.34. The van der Waals surface area contributed by atoms with Gasteiger partial charge in [0, 0.05) is 39.1 Å². The van der Waals surface area contributed by atoms with Gasteiger partial charge in [0.25, 0.3) is 0 Å². The first-order valence-electron chi connectivity index (χ1n) is 16.6. The quantitative estimate of drug-likeness (QED) is 0.0686. The molecule has 0 aromatic heterocycles. The Bertz CT molecular complexity index is 665. The van der Waals surface area contributed by atoms with Crippen molar-refractivity contribution in [1.29, 1.82) is 0 Å². The molecule has 0 unspecified atom stereocenters. The number of hydrogen-bond acceptors (Lipinski definition) is 8. The van der Waals surface area contributed by atoms with Crippen molar-refractivity contribution < 1.29 is 43.2 Å². The number of carbonyl (C=O) groups is 4. The number of rotatable bonds is 35. The Morgan fingerprint density at radius 2 is 0.907 bits per heavy atom. The molecule has 11 heteroatoms. The minimum absolute atomic E-state index is 0.124. The summed E-state index contributed by atoms with van der Waals surface area (Å²) in [7, 11) is 0. The molecule has 2 amide bonds. The second-order valence-electron chi connectivity index (χ2n) is 10.8. The van der Waals surface area contributed by atoms with Gasteiger partial charge in [-0.3, -0.25) is 9.59 Å². The van der Waals surface area contributed by atoms with E-state index in [1.54, 1.807) is 0 Å². The van der Waals surface area contributed by atoms with Gasteiger partial charge in [-0.2, -0.15) is 0 Å². The van der Waals surface area contributed by atoms with E-state index in [-0.39, 0.29) is 18.4 Å². The Morgan fingerprint density at radius 1 is 0.488 bits per heavy atom. The smallest absolute Gasteiger partial charge is 0.329 e. The molecule has 0 radical (unpaired) electrons. The van der Waals surface area contributed by atoms with E-state index in [2.05, 4.69) is 10.6 Å². The first-order valence-corrected chi connectivity index (χ1v) is 16.6. The molecule has 0 aliphatic rings. The van der Waals surface area contributed by atoms with Gasteiger partial charge in [0.15, 0.2) is 0 Å². The molecule has 252 valence electrons. The summed E-state index contributed by atoms with van der Waals surface area (Å²) in [6, 6.07) is 0. The van der Waals surface area contributed by atoms with Crippen LogP contribution in [0, 0.1) is 0 Å². The van der Waals surface area contributed by atoms with Crippen molar-refractivity contribution in [2.45, 2.75) is 116 Å². The van der Waals surface area contributed by atoms with E-state index in [0.29, 0.717) is 65.6 Å². The monoisotopic (exact) mass is 616 g/mol. The average molecular weight is 617 g/mol. The number of carboxylic acids is 1. The number of nitrogens with one attached hydrogen (secondary N) is 2. The molecule has 0 heterocycles. The summed E-state index contributed by atoms with van der Waals surface area (Å²) < 4.78 is 21.1. The summed E-state index contributed by atoms with van der Waals surface area (Å²) in [6.07, 6.45) is 21.1. The van der Waals surface area contributed by atoms with Gasteiger partial charge in [0.2, 0.25) is 11.8 Å². The van der Waals surface area contributed by atoms with Gasteiger partial charge < -0.3 is 39.5 Å². The average Bonchev–Trinajstić information content (AvgIpc) is 2.98. The minimum atomic E-state index is -1.11. The zero-order valence-corrected chi connectivity index (χ0v) is 26.6. The fourth-order valence-corrected chi connectivity index (χ4v) is 4.35. The largest absolute Gasteiger partial charge is 0.480 e. The molecule has 0 aromatic carbocycles. The van der Waals surface area contributed by atoms with Crippen molar-refractivity contribution in [1.82, 2.24) is 10.6 Å². The molecule has 0 fully saturated rings. The van der Waals surface area contributed by atoms with Crippen molar-refractivity contribution in [3.63, 3.8) is 0 Å². The van der Waals surface area contributed by atoms with Crippen LogP contribution in [0.1, 0.15) is 116 Å². The van der Waals surface area contributed by atoms with Crippen molar-refractivity contribution in [2.24, 2.45) is 0 Å². The number of unbranched alkanes of at least 4 members (excludes halogenated alkanes) is 14. The van der Waals surface area contributed by atoms with Crippen molar-refractivity contribution in [3.8, 4) is 0 Å². The van der Waals surface area contributed by atoms with Crippen LogP contribution in [0.2, 0.25) is 0 Å². The SMILES string of the molecule is O=CCCCCCCCCCCCCCCCCC(=O)NCCCOCCOCCOCCCNC(=O)COCC(=O)O. The van der Waals surface area contributed by atoms with E-state index < -0.39 is 12.6 Å². The van der Waals surface area contributed by atoms with Gasteiger partial charge in [-0.1, -0.05) is 77.0 Å². The molecular formula is C32H60N2O9. The number of amides is 2. The highest BCUT2D eigenvalue weighted by Gasteiger charge is 2.03. The maximum absolute atomic E-state index is 12.0. The predicted octanol–water partition coefficient (Wildman–Crippen LogP) is 4.59. The highest BCUT2D eigenvalue weighted by molar-refractivity contribution is 5.77. The molecule has 0 bridgehead atoms. The standard InChI is InChI=1S/C32H60N2O9/c35-21-15-13-11-9-7-5-3-1-2-4-6-8-10-12-14-18-30(36)33-19-16-22-40-24-26-42-27-25-41-23-17-20-34-31(37)28-43-29-32(38)39/h21H,1-20,22-29H2,(H,33,36)(H,34,37)(H,38,39). The van der Waals surface area contributed by atoms with Gasteiger partial charge in [-0.15, -0.1) is 0 Å². The molecular weight excluding hydrogens is 556 g/mol. The lowest BCUT2D eigenvalue weighted by Gasteiger charge is -2.08. The fourth-order valence-electron chi connectivity index (χ4n) is 4.35. The van der Waals surface area contributed by atoms with Crippen LogP contribution < -0.4 is 10.6 Å². The molecule has 0 saturated heterocycles. The Balaban J connectivity index is 3.20. The second kappa shape index (κ2) is 34.4. The molecule has 0 saturated carbocycles. The van der Waals surface area contributed by atoms with Crippen LogP contribution >= 0.6 is 0 Å². The van der Waals surface area contributed by atoms with E-state index in [1.807, 2.05) is 0 Å². The van der Waals surface area contributed by atoms with Gasteiger partial charge in [-0.05, 0) is 25.7 Å². The summed E-state index contributed by atoms with van der Waals surface area (Å²) in [5.41, 5.74) is 0. The number of aldehydes is 1. The van der Waals surface area contributed by atoms with Gasteiger partial charge in [-0.25, -0.2) is 4.79 Å². The third-order valence-corrected chi connectivity index (χ3v) is 6.75. The van der Waals surface area contributed by atoms with Crippen LogP contribution in [0.25, 0.3) is 0 Å². The zero-order chi connectivity index (χ0) is 31.5. The Labute approximate surface area is 259 Å². The van der Waals surface area contributed by atoms with Crippen molar-refractivity contribution in [3.05, 3.63) is 0 Å². The van der Waals surface area contributed by atoms with Crippen LogP contribution in [0.15, 0.2) is 0 Å².